The maximum absolute atomic E-state index is 12.2. The number of nitrogens with zero attached hydrogens (tertiary/aromatic N) is 4. The molecular formula is C18H33N5O3. The third-order valence-corrected chi connectivity index (χ3v) is 5.70. The van der Waals surface area contributed by atoms with Gasteiger partial charge in [-0.15, -0.1) is 0 Å². The van der Waals surface area contributed by atoms with Crippen molar-refractivity contribution in [1.82, 2.24) is 24.9 Å². The van der Waals surface area contributed by atoms with Gasteiger partial charge in [0.1, 0.15) is 5.54 Å². The average molecular weight is 367 g/mol. The Balaban J connectivity index is 1.36. The second-order valence-corrected chi connectivity index (χ2v) is 8.32. The summed E-state index contributed by atoms with van der Waals surface area (Å²) < 4.78 is 0. The normalized spacial score (nSPS) is 26.5. The van der Waals surface area contributed by atoms with Gasteiger partial charge in [0, 0.05) is 45.8 Å². The van der Waals surface area contributed by atoms with Crippen molar-refractivity contribution in [3.63, 3.8) is 0 Å². The Morgan fingerprint density at radius 1 is 0.923 bits per heavy atom. The topological polar surface area (TPSA) is 79.4 Å². The van der Waals surface area contributed by atoms with Crippen LogP contribution in [0.1, 0.15) is 26.7 Å². The number of urea groups is 1. The fourth-order valence-corrected chi connectivity index (χ4v) is 4.03. The zero-order chi connectivity index (χ0) is 18.7. The molecule has 3 rings (SSSR count). The quantitative estimate of drug-likeness (QED) is 0.585. The zero-order valence-electron chi connectivity index (χ0n) is 16.1. The standard InChI is InChI=1S/C18H33N5O3/c1-18(2)16(25)23(17(26)19-18)14-15(24)13-22-11-9-21(10-12-22)8-7-20-5-3-4-6-20/h15,24H,3-14H2,1-2H3,(H,19,26)/t15-/m0/s1. The molecular weight excluding hydrogens is 334 g/mol. The molecule has 0 bridgehead atoms. The second-order valence-electron chi connectivity index (χ2n) is 8.32. The van der Waals surface area contributed by atoms with Crippen molar-refractivity contribution < 1.29 is 14.7 Å². The van der Waals surface area contributed by atoms with Crippen LogP contribution in [0.2, 0.25) is 0 Å². The molecule has 0 aromatic carbocycles. The minimum absolute atomic E-state index is 0.0588. The number of hydrogen-bond donors (Lipinski definition) is 2. The molecule has 3 heterocycles. The number of piperazine rings is 1. The molecule has 1 atom stereocenters. The number of amides is 3. The van der Waals surface area contributed by atoms with Gasteiger partial charge >= 0.3 is 6.03 Å². The zero-order valence-corrected chi connectivity index (χ0v) is 16.1. The summed E-state index contributed by atoms with van der Waals surface area (Å²) in [5, 5.41) is 13.0. The molecule has 3 saturated heterocycles. The molecule has 0 spiro atoms. The molecule has 26 heavy (non-hydrogen) atoms. The van der Waals surface area contributed by atoms with E-state index in [1.54, 1.807) is 13.8 Å². The minimum Gasteiger partial charge on any atom is -0.390 e. The van der Waals surface area contributed by atoms with Crippen molar-refractivity contribution in [2.75, 3.05) is 65.4 Å². The van der Waals surface area contributed by atoms with Crippen molar-refractivity contribution in [2.45, 2.75) is 38.3 Å². The van der Waals surface area contributed by atoms with Crippen LogP contribution in [0, 0.1) is 0 Å². The molecule has 0 aromatic heterocycles. The number of nitrogens with one attached hydrogen (secondary N) is 1. The first-order valence-corrected chi connectivity index (χ1v) is 9.84. The first-order chi connectivity index (χ1) is 12.3. The van der Waals surface area contributed by atoms with Crippen molar-refractivity contribution in [2.24, 2.45) is 0 Å². The van der Waals surface area contributed by atoms with Crippen LogP contribution in [-0.4, -0.2) is 114 Å². The monoisotopic (exact) mass is 367 g/mol. The maximum atomic E-state index is 12.2. The number of aliphatic hydroxyl groups excluding tert-OH is 1. The number of carbonyl (C=O) groups excluding carboxylic acids is 2. The number of likely N-dealkylation sites (tertiary alicyclic amines) is 1. The van der Waals surface area contributed by atoms with Gasteiger partial charge in [-0.3, -0.25) is 19.5 Å². The van der Waals surface area contributed by atoms with Crippen molar-refractivity contribution in [3.8, 4) is 0 Å². The van der Waals surface area contributed by atoms with Gasteiger partial charge in [0.2, 0.25) is 0 Å². The average Bonchev–Trinajstić information content (AvgIpc) is 3.17. The van der Waals surface area contributed by atoms with Crippen LogP contribution < -0.4 is 5.32 Å². The van der Waals surface area contributed by atoms with Gasteiger partial charge < -0.3 is 15.3 Å². The van der Waals surface area contributed by atoms with E-state index in [2.05, 4.69) is 20.0 Å². The molecule has 0 saturated carbocycles. The Bertz CT molecular complexity index is 513. The van der Waals surface area contributed by atoms with Crippen LogP contribution in [0.4, 0.5) is 4.79 Å². The first kappa shape index (κ1) is 19.5. The van der Waals surface area contributed by atoms with E-state index in [4.69, 9.17) is 0 Å². The molecule has 8 nitrogen and oxygen atoms in total. The lowest BCUT2D eigenvalue weighted by Crippen LogP contribution is -2.51. The highest BCUT2D eigenvalue weighted by Gasteiger charge is 2.44. The number of β-amino-alcohol motifs (C(OH)–C–C–N with tert-alkyl or cyclic N) is 1. The van der Waals surface area contributed by atoms with E-state index >= 15 is 0 Å². The number of rotatable bonds is 7. The molecule has 3 aliphatic heterocycles. The Morgan fingerprint density at radius 3 is 2.00 bits per heavy atom. The van der Waals surface area contributed by atoms with Crippen molar-refractivity contribution in [3.05, 3.63) is 0 Å². The van der Waals surface area contributed by atoms with E-state index in [-0.39, 0.29) is 12.5 Å². The lowest BCUT2D eigenvalue weighted by molar-refractivity contribution is -0.131. The van der Waals surface area contributed by atoms with E-state index in [1.165, 1.54) is 25.9 Å². The predicted octanol–water partition coefficient (Wildman–Crippen LogP) is -0.609. The van der Waals surface area contributed by atoms with Gasteiger partial charge in [0.15, 0.2) is 0 Å². The van der Waals surface area contributed by atoms with Gasteiger partial charge in [0.25, 0.3) is 5.91 Å². The highest BCUT2D eigenvalue weighted by Crippen LogP contribution is 2.17. The second kappa shape index (κ2) is 8.21. The fraction of sp³-hybridized carbons (Fsp3) is 0.889. The van der Waals surface area contributed by atoms with Crippen LogP contribution >= 0.6 is 0 Å². The summed E-state index contributed by atoms with van der Waals surface area (Å²) in [6.07, 6.45) is 1.95. The van der Waals surface area contributed by atoms with Crippen LogP contribution in [0.5, 0.6) is 0 Å². The molecule has 3 amide bonds. The molecule has 2 N–H and O–H groups in total. The lowest BCUT2D eigenvalue weighted by Gasteiger charge is -2.36. The molecule has 8 heteroatoms. The Morgan fingerprint density at radius 2 is 1.46 bits per heavy atom. The van der Waals surface area contributed by atoms with E-state index in [0.717, 1.165) is 44.2 Å². The van der Waals surface area contributed by atoms with Crippen molar-refractivity contribution >= 4 is 11.9 Å². The van der Waals surface area contributed by atoms with Gasteiger partial charge in [-0.05, 0) is 39.8 Å². The van der Waals surface area contributed by atoms with Crippen LogP contribution in [0.25, 0.3) is 0 Å². The summed E-state index contributed by atoms with van der Waals surface area (Å²) in [4.78, 5) is 32.5. The number of imide groups is 1. The van der Waals surface area contributed by atoms with E-state index in [0.29, 0.717) is 6.54 Å². The van der Waals surface area contributed by atoms with Gasteiger partial charge in [-0.25, -0.2) is 4.79 Å². The van der Waals surface area contributed by atoms with Crippen LogP contribution in [0.15, 0.2) is 0 Å². The summed E-state index contributed by atoms with van der Waals surface area (Å²) in [5.74, 6) is -0.270. The predicted molar refractivity (Wildman–Crippen MR) is 98.9 cm³/mol. The summed E-state index contributed by atoms with van der Waals surface area (Å²) >= 11 is 0. The minimum atomic E-state index is -0.877. The summed E-state index contributed by atoms with van der Waals surface area (Å²) in [5.41, 5.74) is -0.877. The van der Waals surface area contributed by atoms with Gasteiger partial charge in [-0.2, -0.15) is 0 Å². The van der Waals surface area contributed by atoms with Gasteiger partial charge in [0.05, 0.1) is 12.6 Å². The number of carbonyl (C=O) groups is 2. The first-order valence-electron chi connectivity index (χ1n) is 9.84. The molecule has 0 aliphatic carbocycles. The smallest absolute Gasteiger partial charge is 0.325 e. The third-order valence-electron chi connectivity index (χ3n) is 5.70. The van der Waals surface area contributed by atoms with Crippen LogP contribution in [-0.2, 0) is 4.79 Å². The Labute approximate surface area is 156 Å². The summed E-state index contributed by atoms with van der Waals surface area (Å²) in [6.45, 7) is 12.5. The maximum Gasteiger partial charge on any atom is 0.325 e. The Kier molecular flexibility index (Phi) is 6.17. The highest BCUT2D eigenvalue weighted by molar-refractivity contribution is 6.06. The molecule has 0 unspecified atom stereocenters. The number of aliphatic hydroxyl groups is 1. The molecule has 3 aliphatic rings. The molecule has 3 fully saturated rings. The third kappa shape index (κ3) is 4.73. The summed E-state index contributed by atoms with van der Waals surface area (Å²) in [6, 6.07) is -0.411. The highest BCUT2D eigenvalue weighted by atomic mass is 16.3. The van der Waals surface area contributed by atoms with Gasteiger partial charge in [-0.1, -0.05) is 0 Å². The number of hydrogen-bond acceptors (Lipinski definition) is 6. The molecule has 0 aromatic rings. The molecule has 0 radical (unpaired) electrons. The van der Waals surface area contributed by atoms with E-state index < -0.39 is 17.7 Å². The molecule has 148 valence electrons. The SMILES string of the molecule is CC1(C)NC(=O)N(C[C@@H](O)CN2CCN(CCN3CCCC3)CC2)C1=O. The van der Waals surface area contributed by atoms with E-state index in [1.807, 2.05) is 0 Å². The lowest BCUT2D eigenvalue weighted by atomic mass is 10.1. The van der Waals surface area contributed by atoms with Crippen molar-refractivity contribution in [1.29, 1.82) is 0 Å². The largest absolute Gasteiger partial charge is 0.390 e. The van der Waals surface area contributed by atoms with Crippen LogP contribution in [0.3, 0.4) is 0 Å². The van der Waals surface area contributed by atoms with E-state index in [9.17, 15) is 14.7 Å². The fourth-order valence-electron chi connectivity index (χ4n) is 4.03. The Hall–Kier alpha value is -1.22. The summed E-state index contributed by atoms with van der Waals surface area (Å²) in [7, 11) is 0.